The topological polar surface area (TPSA) is 57.8 Å². The zero-order valence-corrected chi connectivity index (χ0v) is 12.6. The molecule has 1 amide bonds. The fraction of sp³-hybridized carbons (Fsp3) is 0.333. The van der Waals surface area contributed by atoms with Crippen LogP contribution in [-0.4, -0.2) is 16.1 Å². The van der Waals surface area contributed by atoms with Crippen LogP contribution in [0.1, 0.15) is 28.8 Å². The minimum absolute atomic E-state index is 0.0451. The molecule has 0 aliphatic rings. The maximum Gasteiger partial charge on any atom is 0.225 e. The van der Waals surface area contributed by atoms with Gasteiger partial charge in [0.05, 0.1) is 0 Å². The molecule has 1 aromatic carbocycles. The highest BCUT2D eigenvalue weighted by Crippen LogP contribution is 2.18. The Morgan fingerprint density at radius 2 is 2.10 bits per heavy atom. The quantitative estimate of drug-likeness (QED) is 0.905. The zero-order chi connectivity index (χ0) is 14.7. The minimum atomic E-state index is -0.0451. The number of halogens is 1. The number of aromatic amines is 1. The fourth-order valence-electron chi connectivity index (χ4n) is 1.85. The Hall–Kier alpha value is -1.81. The smallest absolute Gasteiger partial charge is 0.225 e. The summed E-state index contributed by atoms with van der Waals surface area (Å²) in [6.45, 7) is 5.81. The molecule has 4 nitrogen and oxygen atoms in total. The van der Waals surface area contributed by atoms with Gasteiger partial charge in [0, 0.05) is 22.7 Å². The Labute approximate surface area is 123 Å². The van der Waals surface area contributed by atoms with E-state index in [-0.39, 0.29) is 5.91 Å². The van der Waals surface area contributed by atoms with Crippen LogP contribution in [0.3, 0.4) is 0 Å². The van der Waals surface area contributed by atoms with Gasteiger partial charge >= 0.3 is 0 Å². The van der Waals surface area contributed by atoms with E-state index in [1.807, 2.05) is 39.0 Å². The lowest BCUT2D eigenvalue weighted by Gasteiger charge is -2.05. The van der Waals surface area contributed by atoms with E-state index >= 15 is 0 Å². The zero-order valence-electron chi connectivity index (χ0n) is 11.9. The van der Waals surface area contributed by atoms with E-state index in [1.165, 1.54) is 0 Å². The number of hydrogen-bond donors (Lipinski definition) is 2. The van der Waals surface area contributed by atoms with E-state index in [2.05, 4.69) is 15.5 Å². The van der Waals surface area contributed by atoms with Crippen molar-refractivity contribution in [1.82, 2.24) is 10.2 Å². The molecule has 2 rings (SSSR count). The van der Waals surface area contributed by atoms with Crippen LogP contribution < -0.4 is 5.32 Å². The predicted octanol–water partition coefficient (Wildman–Crippen LogP) is 3.56. The molecule has 1 heterocycles. The van der Waals surface area contributed by atoms with Crippen LogP contribution in [0.5, 0.6) is 0 Å². The lowest BCUT2D eigenvalue weighted by atomic mass is 10.1. The molecule has 0 fully saturated rings. The van der Waals surface area contributed by atoms with Gasteiger partial charge in [-0.3, -0.25) is 9.89 Å². The third-order valence-corrected chi connectivity index (χ3v) is 3.80. The van der Waals surface area contributed by atoms with Gasteiger partial charge < -0.3 is 5.32 Å². The van der Waals surface area contributed by atoms with Gasteiger partial charge in [-0.15, -0.1) is 0 Å². The molecule has 106 valence electrons. The van der Waals surface area contributed by atoms with Crippen molar-refractivity contribution < 1.29 is 4.79 Å². The van der Waals surface area contributed by atoms with E-state index in [0.717, 1.165) is 27.4 Å². The third-order valence-electron chi connectivity index (χ3n) is 3.39. The van der Waals surface area contributed by atoms with Gasteiger partial charge in [0.1, 0.15) is 0 Å². The number of amides is 1. The van der Waals surface area contributed by atoms with Crippen LogP contribution in [0.15, 0.2) is 18.2 Å². The highest BCUT2D eigenvalue weighted by molar-refractivity contribution is 6.31. The van der Waals surface area contributed by atoms with Gasteiger partial charge in [0.15, 0.2) is 5.82 Å². The number of nitrogens with zero attached hydrogens (tertiary/aromatic N) is 1. The van der Waals surface area contributed by atoms with E-state index in [1.54, 1.807) is 0 Å². The maximum atomic E-state index is 11.9. The minimum Gasteiger partial charge on any atom is -0.309 e. The van der Waals surface area contributed by atoms with Crippen molar-refractivity contribution >= 4 is 23.3 Å². The second kappa shape index (κ2) is 6.09. The first kappa shape index (κ1) is 14.6. The van der Waals surface area contributed by atoms with Crippen LogP contribution in [0.4, 0.5) is 5.82 Å². The van der Waals surface area contributed by atoms with Gasteiger partial charge in [-0.1, -0.05) is 23.7 Å². The van der Waals surface area contributed by atoms with Gasteiger partial charge in [-0.2, -0.15) is 5.10 Å². The first-order valence-electron chi connectivity index (χ1n) is 6.54. The van der Waals surface area contributed by atoms with Crippen LogP contribution in [0.25, 0.3) is 0 Å². The summed E-state index contributed by atoms with van der Waals surface area (Å²) in [5, 5.41) is 10.5. The average molecular weight is 292 g/mol. The highest BCUT2D eigenvalue weighted by atomic mass is 35.5. The molecule has 20 heavy (non-hydrogen) atoms. The Kier molecular flexibility index (Phi) is 4.45. The van der Waals surface area contributed by atoms with Crippen molar-refractivity contribution in [1.29, 1.82) is 0 Å². The van der Waals surface area contributed by atoms with Gasteiger partial charge in [-0.05, 0) is 44.4 Å². The maximum absolute atomic E-state index is 11.9. The molecular weight excluding hydrogens is 274 g/mol. The number of carbonyl (C=O) groups is 1. The summed E-state index contributed by atoms with van der Waals surface area (Å²) >= 11 is 6.07. The summed E-state index contributed by atoms with van der Waals surface area (Å²) in [6.07, 6.45) is 1.07. The monoisotopic (exact) mass is 291 g/mol. The van der Waals surface area contributed by atoms with E-state index < -0.39 is 0 Å². The SMILES string of the molecule is Cc1ccc(CCC(=O)Nc2n[nH]c(C)c2C)cc1Cl. The Morgan fingerprint density at radius 1 is 1.35 bits per heavy atom. The predicted molar refractivity (Wildman–Crippen MR) is 81.2 cm³/mol. The Bertz CT molecular complexity index is 634. The first-order chi connectivity index (χ1) is 9.47. The molecule has 0 saturated heterocycles. The molecule has 0 radical (unpaired) electrons. The van der Waals surface area contributed by atoms with Crippen molar-refractivity contribution in [3.05, 3.63) is 45.6 Å². The summed E-state index contributed by atoms with van der Waals surface area (Å²) in [5.74, 6) is 0.561. The van der Waals surface area contributed by atoms with E-state index in [9.17, 15) is 4.79 Å². The molecule has 0 spiro atoms. The first-order valence-corrected chi connectivity index (χ1v) is 6.91. The summed E-state index contributed by atoms with van der Waals surface area (Å²) in [4.78, 5) is 11.9. The molecule has 0 atom stereocenters. The summed E-state index contributed by atoms with van der Waals surface area (Å²) in [7, 11) is 0. The molecule has 2 aromatic rings. The lowest BCUT2D eigenvalue weighted by molar-refractivity contribution is -0.116. The highest BCUT2D eigenvalue weighted by Gasteiger charge is 2.09. The second-order valence-corrected chi connectivity index (χ2v) is 5.36. The molecule has 2 N–H and O–H groups in total. The Balaban J connectivity index is 1.92. The van der Waals surface area contributed by atoms with Gasteiger partial charge in [0.2, 0.25) is 5.91 Å². The summed E-state index contributed by atoms with van der Waals surface area (Å²) in [5.41, 5.74) is 4.04. The number of carbonyl (C=O) groups excluding carboxylic acids is 1. The molecule has 1 aromatic heterocycles. The number of rotatable bonds is 4. The molecule has 0 aliphatic heterocycles. The normalized spacial score (nSPS) is 10.6. The molecular formula is C15H18ClN3O. The van der Waals surface area contributed by atoms with Crippen LogP contribution >= 0.6 is 11.6 Å². The van der Waals surface area contributed by atoms with Crippen molar-refractivity contribution in [2.45, 2.75) is 33.6 Å². The Morgan fingerprint density at radius 3 is 2.70 bits per heavy atom. The number of benzene rings is 1. The fourth-order valence-corrected chi connectivity index (χ4v) is 2.05. The van der Waals surface area contributed by atoms with E-state index in [0.29, 0.717) is 18.7 Å². The van der Waals surface area contributed by atoms with Crippen molar-refractivity contribution in [3.63, 3.8) is 0 Å². The third kappa shape index (κ3) is 3.39. The van der Waals surface area contributed by atoms with Crippen LogP contribution in [0.2, 0.25) is 5.02 Å². The van der Waals surface area contributed by atoms with Gasteiger partial charge in [-0.25, -0.2) is 0 Å². The van der Waals surface area contributed by atoms with Gasteiger partial charge in [0.25, 0.3) is 0 Å². The molecule has 0 bridgehead atoms. The number of aryl methyl sites for hydroxylation is 3. The second-order valence-electron chi connectivity index (χ2n) is 4.95. The average Bonchev–Trinajstić information content (AvgIpc) is 2.72. The molecule has 5 heteroatoms. The standard InChI is InChI=1S/C15H18ClN3O/c1-9-4-5-12(8-13(9)16)6-7-14(20)17-15-10(2)11(3)18-19-15/h4-5,8H,6-7H2,1-3H3,(H2,17,18,19,20). The molecule has 0 saturated carbocycles. The van der Waals surface area contributed by atoms with Crippen molar-refractivity contribution in [2.24, 2.45) is 0 Å². The number of anilines is 1. The number of hydrogen-bond acceptors (Lipinski definition) is 2. The largest absolute Gasteiger partial charge is 0.309 e. The lowest BCUT2D eigenvalue weighted by Crippen LogP contribution is -2.13. The summed E-state index contributed by atoms with van der Waals surface area (Å²) in [6, 6.07) is 5.88. The number of H-pyrrole nitrogens is 1. The summed E-state index contributed by atoms with van der Waals surface area (Å²) < 4.78 is 0. The number of nitrogens with one attached hydrogen (secondary N) is 2. The van der Waals surface area contributed by atoms with Crippen molar-refractivity contribution in [2.75, 3.05) is 5.32 Å². The number of aromatic nitrogens is 2. The molecule has 0 aliphatic carbocycles. The van der Waals surface area contributed by atoms with Crippen molar-refractivity contribution in [3.8, 4) is 0 Å². The van der Waals surface area contributed by atoms with E-state index in [4.69, 9.17) is 11.6 Å². The van der Waals surface area contributed by atoms with Crippen LogP contribution in [0, 0.1) is 20.8 Å². The van der Waals surface area contributed by atoms with Crippen LogP contribution in [-0.2, 0) is 11.2 Å². The molecule has 0 unspecified atom stereocenters.